The number of imidazole rings is 1. The van der Waals surface area contributed by atoms with Crippen LogP contribution in [0.1, 0.15) is 0 Å². The average Bonchev–Trinajstić information content (AvgIpc) is 3.38. The van der Waals surface area contributed by atoms with Crippen LogP contribution in [0.5, 0.6) is 0 Å². The molecule has 28 heavy (non-hydrogen) atoms. The highest BCUT2D eigenvalue weighted by Crippen LogP contribution is 2.27. The number of hydrogen-bond donors (Lipinski definition) is 2. The molecule has 1 aromatic heterocycles. The SMILES string of the molecule is CSc1ccc(-c2nc3c([nH]2)=C2C=CN([S+]([O-])c4ccccc4)C2NC=3)cc1. The third-order valence-electron chi connectivity index (χ3n) is 4.85. The van der Waals surface area contributed by atoms with Crippen molar-refractivity contribution < 1.29 is 4.55 Å². The van der Waals surface area contributed by atoms with Gasteiger partial charge in [0.15, 0.2) is 11.1 Å². The molecule has 2 unspecified atom stereocenters. The van der Waals surface area contributed by atoms with Crippen LogP contribution in [0.4, 0.5) is 0 Å². The summed E-state index contributed by atoms with van der Waals surface area (Å²) >= 11 is 0.439. The number of hydrogen-bond acceptors (Lipinski definition) is 5. The summed E-state index contributed by atoms with van der Waals surface area (Å²) in [7, 11) is 0. The zero-order valence-corrected chi connectivity index (χ0v) is 16.8. The van der Waals surface area contributed by atoms with Crippen LogP contribution >= 0.6 is 11.8 Å². The van der Waals surface area contributed by atoms with Crippen LogP contribution in [0.3, 0.4) is 0 Å². The number of nitrogens with one attached hydrogen (secondary N) is 2. The molecule has 5 rings (SSSR count). The third-order valence-corrected chi connectivity index (χ3v) is 6.98. The molecule has 140 valence electrons. The molecule has 0 saturated heterocycles. The van der Waals surface area contributed by atoms with E-state index in [0.717, 1.165) is 32.6 Å². The normalized spacial score (nSPS) is 18.3. The van der Waals surface area contributed by atoms with E-state index >= 15 is 0 Å². The quantitative estimate of drug-likeness (QED) is 0.514. The topological polar surface area (TPSA) is 67.0 Å². The first-order valence-electron chi connectivity index (χ1n) is 8.89. The van der Waals surface area contributed by atoms with Gasteiger partial charge in [-0.3, -0.25) is 0 Å². The van der Waals surface area contributed by atoms with E-state index in [1.165, 1.54) is 4.90 Å². The minimum absolute atomic E-state index is 0.180. The van der Waals surface area contributed by atoms with Gasteiger partial charge in [-0.25, -0.2) is 4.98 Å². The molecular formula is C21H18N4OS2. The van der Waals surface area contributed by atoms with Crippen LogP contribution in [0.25, 0.3) is 23.2 Å². The molecule has 3 heterocycles. The van der Waals surface area contributed by atoms with Crippen molar-refractivity contribution in [2.24, 2.45) is 0 Å². The third kappa shape index (κ3) is 2.92. The first kappa shape index (κ1) is 17.5. The van der Waals surface area contributed by atoms with E-state index < -0.39 is 11.4 Å². The Balaban J connectivity index is 1.51. The van der Waals surface area contributed by atoms with Gasteiger partial charge in [-0.1, -0.05) is 30.3 Å². The molecule has 7 heteroatoms. The molecule has 0 saturated carbocycles. The van der Waals surface area contributed by atoms with Crippen LogP contribution in [-0.4, -0.2) is 31.2 Å². The number of benzene rings is 2. The molecule has 0 aliphatic carbocycles. The van der Waals surface area contributed by atoms with Crippen molar-refractivity contribution in [2.75, 3.05) is 6.26 Å². The fraction of sp³-hybridized carbons (Fsp3) is 0.0952. The number of aromatic amines is 1. The van der Waals surface area contributed by atoms with Crippen molar-refractivity contribution in [3.05, 3.63) is 77.6 Å². The highest BCUT2D eigenvalue weighted by atomic mass is 32.2. The van der Waals surface area contributed by atoms with Gasteiger partial charge in [0.1, 0.15) is 22.5 Å². The molecule has 0 fully saturated rings. The monoisotopic (exact) mass is 406 g/mol. The lowest BCUT2D eigenvalue weighted by molar-refractivity contribution is 0.448. The van der Waals surface area contributed by atoms with Crippen LogP contribution in [0.2, 0.25) is 0 Å². The predicted molar refractivity (Wildman–Crippen MR) is 114 cm³/mol. The highest BCUT2D eigenvalue weighted by Gasteiger charge is 2.35. The van der Waals surface area contributed by atoms with Crippen LogP contribution in [0, 0.1) is 0 Å². The maximum Gasteiger partial charge on any atom is 0.180 e. The molecule has 0 amide bonds. The fourth-order valence-electron chi connectivity index (χ4n) is 3.42. The Labute approximate surface area is 170 Å². The van der Waals surface area contributed by atoms with Gasteiger partial charge in [0.05, 0.1) is 11.5 Å². The Morgan fingerprint density at radius 3 is 2.64 bits per heavy atom. The van der Waals surface area contributed by atoms with Crippen LogP contribution < -0.4 is 16.0 Å². The smallest absolute Gasteiger partial charge is 0.180 e. The lowest BCUT2D eigenvalue weighted by Gasteiger charge is -2.27. The number of rotatable bonds is 4. The van der Waals surface area contributed by atoms with Gasteiger partial charge in [-0.05, 0) is 36.6 Å². The van der Waals surface area contributed by atoms with Gasteiger partial charge in [0.2, 0.25) is 0 Å². The van der Waals surface area contributed by atoms with Crippen LogP contribution in [-0.2, 0) is 11.4 Å². The second kappa shape index (κ2) is 7.09. The molecule has 0 radical (unpaired) electrons. The minimum atomic E-state index is -1.28. The molecular weight excluding hydrogens is 388 g/mol. The first-order valence-corrected chi connectivity index (χ1v) is 11.2. The summed E-state index contributed by atoms with van der Waals surface area (Å²) in [4.78, 5) is 10.2. The molecule has 5 nitrogen and oxygen atoms in total. The number of aromatic nitrogens is 2. The Hall–Kier alpha value is -2.61. The number of H-pyrrole nitrogens is 1. The Kier molecular flexibility index (Phi) is 4.43. The van der Waals surface area contributed by atoms with E-state index in [4.69, 9.17) is 4.98 Å². The second-order valence-electron chi connectivity index (χ2n) is 6.48. The number of nitrogens with zero attached hydrogens (tertiary/aromatic N) is 2. The molecule has 0 spiro atoms. The largest absolute Gasteiger partial charge is 0.588 e. The van der Waals surface area contributed by atoms with E-state index in [-0.39, 0.29) is 6.17 Å². The number of fused-ring (bicyclic) bond motifs is 2. The van der Waals surface area contributed by atoms with E-state index in [0.29, 0.717) is 0 Å². The van der Waals surface area contributed by atoms with Gasteiger partial charge in [0, 0.05) is 22.2 Å². The summed E-state index contributed by atoms with van der Waals surface area (Å²) in [5.74, 6) is 0.833. The zero-order valence-electron chi connectivity index (χ0n) is 15.1. The van der Waals surface area contributed by atoms with Crippen molar-refractivity contribution in [3.8, 4) is 11.4 Å². The predicted octanol–water partition coefficient (Wildman–Crippen LogP) is 2.17. The van der Waals surface area contributed by atoms with Crippen molar-refractivity contribution in [3.63, 3.8) is 0 Å². The molecule has 2 aromatic carbocycles. The van der Waals surface area contributed by atoms with Gasteiger partial charge < -0.3 is 14.9 Å². The van der Waals surface area contributed by atoms with Gasteiger partial charge in [-0.2, -0.15) is 4.31 Å². The first-order chi connectivity index (χ1) is 13.7. The fourth-order valence-corrected chi connectivity index (χ4v) is 4.99. The van der Waals surface area contributed by atoms with E-state index in [9.17, 15) is 4.55 Å². The standard InChI is InChI=1S/C21H18N4OS2/c1-27-15-9-7-14(8-10-15)20-23-18-13-22-21-17(19(18)24-20)11-12-25(21)28(26)16-5-3-2-4-6-16/h2-13,21-22H,1H3,(H,23,24). The molecule has 0 bridgehead atoms. The number of thioether (sulfide) groups is 1. The summed E-state index contributed by atoms with van der Waals surface area (Å²) in [5.41, 5.74) is 2.09. The highest BCUT2D eigenvalue weighted by molar-refractivity contribution is 7.98. The van der Waals surface area contributed by atoms with E-state index in [2.05, 4.69) is 40.8 Å². The molecule has 2 aliphatic heterocycles. The second-order valence-corrected chi connectivity index (χ2v) is 8.75. The maximum atomic E-state index is 13.0. The Bertz CT molecular complexity index is 1160. The average molecular weight is 407 g/mol. The molecule has 2 atom stereocenters. The lowest BCUT2D eigenvalue weighted by Crippen LogP contribution is -2.48. The molecule has 2 aliphatic rings. The van der Waals surface area contributed by atoms with Gasteiger partial charge in [-0.15, -0.1) is 11.8 Å². The summed E-state index contributed by atoms with van der Waals surface area (Å²) in [6.07, 6.45) is 7.66. The zero-order chi connectivity index (χ0) is 19.1. The molecule has 2 N–H and O–H groups in total. The van der Waals surface area contributed by atoms with E-state index in [1.807, 2.05) is 53.1 Å². The summed E-state index contributed by atoms with van der Waals surface area (Å²) < 4.78 is 14.8. The van der Waals surface area contributed by atoms with Crippen molar-refractivity contribution in [2.45, 2.75) is 16.0 Å². The van der Waals surface area contributed by atoms with Crippen molar-refractivity contribution in [1.82, 2.24) is 19.6 Å². The Morgan fingerprint density at radius 1 is 1.11 bits per heavy atom. The summed E-state index contributed by atoms with van der Waals surface area (Å²) in [5, 5.41) is 5.18. The summed E-state index contributed by atoms with van der Waals surface area (Å²) in [6.45, 7) is 0. The van der Waals surface area contributed by atoms with Crippen LogP contribution in [0.15, 0.2) is 76.7 Å². The lowest BCUT2D eigenvalue weighted by atomic mass is 10.2. The minimum Gasteiger partial charge on any atom is -0.588 e. The maximum absolute atomic E-state index is 13.0. The van der Waals surface area contributed by atoms with Gasteiger partial charge in [0.25, 0.3) is 0 Å². The van der Waals surface area contributed by atoms with E-state index in [1.54, 1.807) is 11.8 Å². The Morgan fingerprint density at radius 2 is 1.89 bits per heavy atom. The van der Waals surface area contributed by atoms with Crippen molar-refractivity contribution in [1.29, 1.82) is 0 Å². The van der Waals surface area contributed by atoms with Gasteiger partial charge >= 0.3 is 0 Å². The summed E-state index contributed by atoms with van der Waals surface area (Å²) in [6, 6.07) is 17.8. The molecule has 3 aromatic rings. The van der Waals surface area contributed by atoms with Crippen molar-refractivity contribution >= 4 is 34.9 Å².